The summed E-state index contributed by atoms with van der Waals surface area (Å²) in [4.78, 5) is 25.1. The van der Waals surface area contributed by atoms with Crippen molar-refractivity contribution in [3.8, 4) is 0 Å². The lowest BCUT2D eigenvalue weighted by Crippen LogP contribution is -2.50. The molecule has 2 unspecified atom stereocenters. The van der Waals surface area contributed by atoms with Crippen LogP contribution in [0.15, 0.2) is 60.7 Å². The van der Waals surface area contributed by atoms with E-state index in [1.54, 1.807) is 0 Å². The molecule has 3 rings (SSSR count). The topological polar surface area (TPSA) is 58.2 Å². The van der Waals surface area contributed by atoms with Gasteiger partial charge in [0.1, 0.15) is 5.92 Å². The molecule has 1 fully saturated rings. The molecule has 1 saturated heterocycles. The van der Waals surface area contributed by atoms with Crippen LogP contribution in [0, 0.1) is 5.92 Å². The summed E-state index contributed by atoms with van der Waals surface area (Å²) in [5.41, 5.74) is 1.58. The number of hydrogen-bond donors (Lipinski definition) is 2. The average Bonchev–Trinajstić information content (AvgIpc) is 2.62. The Hall–Kier alpha value is -2.62. The highest BCUT2D eigenvalue weighted by atomic mass is 16.2. The molecule has 1 heterocycles. The van der Waals surface area contributed by atoms with E-state index in [2.05, 4.69) is 10.6 Å². The average molecular weight is 336 g/mol. The van der Waals surface area contributed by atoms with Gasteiger partial charge in [0, 0.05) is 0 Å². The summed E-state index contributed by atoms with van der Waals surface area (Å²) in [6.45, 7) is 3.90. The molecular weight excluding hydrogens is 312 g/mol. The maximum Gasteiger partial charge on any atom is 0.233 e. The third-order valence-electron chi connectivity index (χ3n) is 4.83. The van der Waals surface area contributed by atoms with Crippen LogP contribution in [0.2, 0.25) is 0 Å². The van der Waals surface area contributed by atoms with E-state index in [-0.39, 0.29) is 17.9 Å². The summed E-state index contributed by atoms with van der Waals surface area (Å²) < 4.78 is 0. The van der Waals surface area contributed by atoms with E-state index in [1.807, 2.05) is 74.5 Å². The Balaban J connectivity index is 1.65. The van der Waals surface area contributed by atoms with Crippen molar-refractivity contribution in [1.29, 1.82) is 0 Å². The lowest BCUT2D eigenvalue weighted by molar-refractivity contribution is -0.138. The van der Waals surface area contributed by atoms with Gasteiger partial charge in [0.15, 0.2) is 0 Å². The van der Waals surface area contributed by atoms with Gasteiger partial charge in [0.2, 0.25) is 11.8 Å². The zero-order chi connectivity index (χ0) is 17.9. The van der Waals surface area contributed by atoms with Gasteiger partial charge in [0.05, 0.1) is 11.6 Å². The minimum absolute atomic E-state index is 0.0140. The first-order chi connectivity index (χ1) is 12.0. The third-order valence-corrected chi connectivity index (χ3v) is 4.83. The van der Waals surface area contributed by atoms with Crippen molar-refractivity contribution in [3.05, 3.63) is 71.8 Å². The number of carbonyl (C=O) groups excluding carboxylic acids is 2. The second kappa shape index (κ2) is 7.09. The lowest BCUT2D eigenvalue weighted by Gasteiger charge is -2.32. The van der Waals surface area contributed by atoms with Crippen molar-refractivity contribution < 1.29 is 9.59 Å². The molecule has 2 aromatic rings. The number of nitrogens with one attached hydrogen (secondary N) is 2. The molecule has 4 nitrogen and oxygen atoms in total. The van der Waals surface area contributed by atoms with Crippen LogP contribution < -0.4 is 10.6 Å². The molecule has 2 amide bonds. The van der Waals surface area contributed by atoms with Crippen LogP contribution in [0.5, 0.6) is 0 Å². The van der Waals surface area contributed by atoms with E-state index in [4.69, 9.17) is 0 Å². The highest BCUT2D eigenvalue weighted by molar-refractivity contribution is 6.01. The Morgan fingerprint density at radius 2 is 1.60 bits per heavy atom. The number of hydrogen-bond acceptors (Lipinski definition) is 2. The summed E-state index contributed by atoms with van der Waals surface area (Å²) >= 11 is 0. The van der Waals surface area contributed by atoms with E-state index < -0.39 is 11.5 Å². The number of carbonyl (C=O) groups is 2. The van der Waals surface area contributed by atoms with Crippen molar-refractivity contribution in [1.82, 2.24) is 10.6 Å². The maximum atomic E-state index is 12.7. The first kappa shape index (κ1) is 17.2. The molecule has 25 heavy (non-hydrogen) atoms. The summed E-state index contributed by atoms with van der Waals surface area (Å²) in [5, 5.41) is 6.02. The first-order valence-corrected chi connectivity index (χ1v) is 8.70. The van der Waals surface area contributed by atoms with E-state index in [0.29, 0.717) is 6.42 Å². The van der Waals surface area contributed by atoms with Crippen molar-refractivity contribution in [2.75, 3.05) is 0 Å². The smallest absolute Gasteiger partial charge is 0.233 e. The Bertz CT molecular complexity index is 741. The van der Waals surface area contributed by atoms with Crippen LogP contribution >= 0.6 is 0 Å². The summed E-state index contributed by atoms with van der Waals surface area (Å²) in [5.74, 6) is -1.04. The van der Waals surface area contributed by atoms with Crippen LogP contribution in [0.1, 0.15) is 43.9 Å². The minimum Gasteiger partial charge on any atom is -0.349 e. The normalized spacial score (nSPS) is 20.6. The number of amides is 2. The monoisotopic (exact) mass is 336 g/mol. The third kappa shape index (κ3) is 3.90. The molecular formula is C21H24N2O2. The Labute approximate surface area is 148 Å². The van der Waals surface area contributed by atoms with Gasteiger partial charge in [-0.25, -0.2) is 0 Å². The molecule has 4 heteroatoms. The van der Waals surface area contributed by atoms with Crippen LogP contribution in [0.4, 0.5) is 0 Å². The predicted molar refractivity (Wildman–Crippen MR) is 97.7 cm³/mol. The first-order valence-electron chi connectivity index (χ1n) is 8.70. The lowest BCUT2D eigenvalue weighted by atomic mass is 9.88. The highest BCUT2D eigenvalue weighted by Gasteiger charge is 2.36. The molecule has 1 aliphatic heterocycles. The summed E-state index contributed by atoms with van der Waals surface area (Å²) in [6.07, 6.45) is 1.32. The van der Waals surface area contributed by atoms with Crippen molar-refractivity contribution in [2.24, 2.45) is 5.92 Å². The highest BCUT2D eigenvalue weighted by Crippen LogP contribution is 2.28. The zero-order valence-electron chi connectivity index (χ0n) is 14.7. The molecule has 2 atom stereocenters. The molecule has 0 aromatic heterocycles. The van der Waals surface area contributed by atoms with Crippen molar-refractivity contribution in [3.63, 3.8) is 0 Å². The summed E-state index contributed by atoms with van der Waals surface area (Å²) in [7, 11) is 0. The number of piperidine rings is 1. The largest absolute Gasteiger partial charge is 0.349 e. The Morgan fingerprint density at radius 3 is 2.20 bits per heavy atom. The van der Waals surface area contributed by atoms with Crippen LogP contribution in [-0.2, 0) is 15.1 Å². The van der Waals surface area contributed by atoms with Crippen LogP contribution in [0.25, 0.3) is 0 Å². The Morgan fingerprint density at radius 1 is 1.00 bits per heavy atom. The zero-order valence-corrected chi connectivity index (χ0v) is 14.7. The quantitative estimate of drug-likeness (QED) is 0.842. The van der Waals surface area contributed by atoms with Gasteiger partial charge >= 0.3 is 0 Å². The second-order valence-corrected chi connectivity index (χ2v) is 7.08. The minimum atomic E-state index is -0.636. The van der Waals surface area contributed by atoms with Gasteiger partial charge in [-0.1, -0.05) is 60.7 Å². The van der Waals surface area contributed by atoms with Crippen LogP contribution in [-0.4, -0.2) is 11.8 Å². The number of benzene rings is 2. The van der Waals surface area contributed by atoms with Gasteiger partial charge in [-0.05, 0) is 37.8 Å². The molecule has 0 spiro atoms. The standard InChI is InChI=1S/C21H24N2O2/c1-21(2,16-11-7-4-8-12-16)23-20(25)17-13-14-18(22-19(17)24)15-9-5-3-6-10-15/h3-12,17-18H,13-14H2,1-2H3,(H,22,24)(H,23,25). The fourth-order valence-corrected chi connectivity index (χ4v) is 3.32. The molecule has 0 radical (unpaired) electrons. The maximum absolute atomic E-state index is 12.7. The molecule has 0 bridgehead atoms. The van der Waals surface area contributed by atoms with Gasteiger partial charge in [-0.15, -0.1) is 0 Å². The van der Waals surface area contributed by atoms with E-state index in [9.17, 15) is 9.59 Å². The molecule has 130 valence electrons. The van der Waals surface area contributed by atoms with E-state index in [0.717, 1.165) is 17.5 Å². The Kier molecular flexibility index (Phi) is 4.88. The molecule has 0 saturated carbocycles. The predicted octanol–water partition coefficient (Wildman–Crippen LogP) is 3.31. The molecule has 1 aliphatic rings. The van der Waals surface area contributed by atoms with Gasteiger partial charge < -0.3 is 10.6 Å². The fraction of sp³-hybridized carbons (Fsp3) is 0.333. The van der Waals surface area contributed by atoms with E-state index in [1.165, 1.54) is 0 Å². The van der Waals surface area contributed by atoms with Crippen molar-refractivity contribution >= 4 is 11.8 Å². The van der Waals surface area contributed by atoms with Gasteiger partial charge in [0.25, 0.3) is 0 Å². The SMILES string of the molecule is CC(C)(NC(=O)C1CCC(c2ccccc2)NC1=O)c1ccccc1. The molecule has 0 aliphatic carbocycles. The van der Waals surface area contributed by atoms with Crippen molar-refractivity contribution in [2.45, 2.75) is 38.3 Å². The van der Waals surface area contributed by atoms with E-state index >= 15 is 0 Å². The second-order valence-electron chi connectivity index (χ2n) is 7.08. The van der Waals surface area contributed by atoms with Crippen LogP contribution in [0.3, 0.4) is 0 Å². The van der Waals surface area contributed by atoms with Gasteiger partial charge in [-0.3, -0.25) is 9.59 Å². The van der Waals surface area contributed by atoms with Gasteiger partial charge in [-0.2, -0.15) is 0 Å². The summed E-state index contributed by atoms with van der Waals surface area (Å²) in [6, 6.07) is 19.7. The number of rotatable bonds is 4. The molecule has 2 N–H and O–H groups in total. The fourth-order valence-electron chi connectivity index (χ4n) is 3.32. The molecule has 2 aromatic carbocycles.